The summed E-state index contributed by atoms with van der Waals surface area (Å²) in [7, 11) is 3.73. The Hall–Kier alpha value is -1.07. The third-order valence-corrected chi connectivity index (χ3v) is 3.71. The highest BCUT2D eigenvalue weighted by molar-refractivity contribution is 5.51. The second kappa shape index (κ2) is 7.50. The van der Waals surface area contributed by atoms with Crippen LogP contribution in [0, 0.1) is 6.92 Å². The Balaban J connectivity index is 3.15. The summed E-state index contributed by atoms with van der Waals surface area (Å²) in [5.74, 6) is 1.14. The van der Waals surface area contributed by atoms with Crippen LogP contribution >= 0.6 is 0 Å². The van der Waals surface area contributed by atoms with Crippen LogP contribution in [-0.4, -0.2) is 36.1 Å². The number of anilines is 1. The Kier molecular flexibility index (Phi) is 6.31. The molecular formula is C14H28N4O. The fourth-order valence-electron chi connectivity index (χ4n) is 2.67. The molecule has 19 heavy (non-hydrogen) atoms. The van der Waals surface area contributed by atoms with Crippen LogP contribution in [-0.2, 0) is 18.3 Å². The first-order valence-electron chi connectivity index (χ1n) is 7.08. The molecule has 0 saturated carbocycles. The first kappa shape index (κ1) is 16.0. The van der Waals surface area contributed by atoms with E-state index in [-0.39, 0.29) is 0 Å². The van der Waals surface area contributed by atoms with Gasteiger partial charge in [0.05, 0.1) is 12.3 Å². The lowest BCUT2D eigenvalue weighted by Gasteiger charge is -2.33. The van der Waals surface area contributed by atoms with E-state index in [0.29, 0.717) is 19.2 Å². The maximum absolute atomic E-state index is 5.90. The molecule has 1 aromatic rings. The highest BCUT2D eigenvalue weighted by Gasteiger charge is 2.23. The third kappa shape index (κ3) is 3.48. The summed E-state index contributed by atoms with van der Waals surface area (Å²) in [6, 6.07) is 0.496. The highest BCUT2D eigenvalue weighted by Crippen LogP contribution is 2.26. The van der Waals surface area contributed by atoms with Crippen molar-refractivity contribution in [1.82, 2.24) is 9.78 Å². The summed E-state index contributed by atoms with van der Waals surface area (Å²) >= 11 is 0. The molecule has 0 aliphatic heterocycles. The van der Waals surface area contributed by atoms with E-state index < -0.39 is 0 Å². The summed E-state index contributed by atoms with van der Waals surface area (Å²) in [6.07, 6.45) is 2.21. The predicted octanol–water partition coefficient (Wildman–Crippen LogP) is 1.83. The minimum atomic E-state index is 0.496. The number of aromatic nitrogens is 2. The van der Waals surface area contributed by atoms with E-state index in [1.807, 2.05) is 18.7 Å². The van der Waals surface area contributed by atoms with Gasteiger partial charge in [-0.25, -0.2) is 0 Å². The molecule has 5 nitrogen and oxygen atoms in total. The molecule has 1 rings (SSSR count). The smallest absolute Gasteiger partial charge is 0.131 e. The predicted molar refractivity (Wildman–Crippen MR) is 79.4 cm³/mol. The van der Waals surface area contributed by atoms with Crippen LogP contribution in [0.4, 0.5) is 5.82 Å². The van der Waals surface area contributed by atoms with Crippen molar-refractivity contribution in [2.75, 3.05) is 25.2 Å². The maximum Gasteiger partial charge on any atom is 0.131 e. The van der Waals surface area contributed by atoms with E-state index in [1.165, 1.54) is 0 Å². The van der Waals surface area contributed by atoms with Crippen LogP contribution in [0.2, 0.25) is 0 Å². The number of methoxy groups -OCH3 is 1. The maximum atomic E-state index is 5.90. The average molecular weight is 268 g/mol. The first-order valence-corrected chi connectivity index (χ1v) is 7.08. The molecule has 0 aliphatic carbocycles. The number of rotatable bonds is 8. The summed E-state index contributed by atoms with van der Waals surface area (Å²) in [5.41, 5.74) is 8.07. The lowest BCUT2D eigenvalue weighted by atomic mass is 10.1. The van der Waals surface area contributed by atoms with Crippen molar-refractivity contribution in [3.8, 4) is 0 Å². The van der Waals surface area contributed by atoms with E-state index in [4.69, 9.17) is 10.5 Å². The monoisotopic (exact) mass is 268 g/mol. The van der Waals surface area contributed by atoms with Gasteiger partial charge in [0, 0.05) is 38.9 Å². The summed E-state index contributed by atoms with van der Waals surface area (Å²) in [6.45, 7) is 8.57. The molecule has 0 saturated heterocycles. The van der Waals surface area contributed by atoms with Gasteiger partial charge in [-0.2, -0.15) is 5.10 Å². The minimum Gasteiger partial charge on any atom is -0.383 e. The van der Waals surface area contributed by atoms with Gasteiger partial charge in [0.2, 0.25) is 0 Å². The molecule has 0 spiro atoms. The molecule has 0 aromatic carbocycles. The number of aryl methyl sites for hydroxylation is 2. The van der Waals surface area contributed by atoms with E-state index in [9.17, 15) is 0 Å². The molecular weight excluding hydrogens is 240 g/mol. The zero-order valence-corrected chi connectivity index (χ0v) is 12.9. The zero-order chi connectivity index (χ0) is 14.4. The molecule has 0 amide bonds. The second-order valence-electron chi connectivity index (χ2n) is 4.87. The summed E-state index contributed by atoms with van der Waals surface area (Å²) in [5, 5.41) is 4.52. The van der Waals surface area contributed by atoms with Crippen molar-refractivity contribution in [2.45, 2.75) is 46.2 Å². The second-order valence-corrected chi connectivity index (χ2v) is 4.87. The van der Waals surface area contributed by atoms with Crippen LogP contribution in [0.3, 0.4) is 0 Å². The molecule has 0 atom stereocenters. The molecule has 0 unspecified atom stereocenters. The summed E-state index contributed by atoms with van der Waals surface area (Å²) in [4.78, 5) is 2.39. The molecule has 5 heteroatoms. The number of nitrogens with zero attached hydrogens (tertiary/aromatic N) is 3. The minimum absolute atomic E-state index is 0.496. The van der Waals surface area contributed by atoms with Gasteiger partial charge in [0.15, 0.2) is 0 Å². The van der Waals surface area contributed by atoms with Gasteiger partial charge >= 0.3 is 0 Å². The molecule has 110 valence electrons. The first-order chi connectivity index (χ1) is 9.10. The van der Waals surface area contributed by atoms with Crippen molar-refractivity contribution in [1.29, 1.82) is 0 Å². The van der Waals surface area contributed by atoms with Crippen molar-refractivity contribution in [3.63, 3.8) is 0 Å². The Morgan fingerprint density at radius 3 is 2.47 bits per heavy atom. The fourth-order valence-corrected chi connectivity index (χ4v) is 2.67. The molecule has 0 aliphatic rings. The van der Waals surface area contributed by atoms with Crippen LogP contribution in [0.25, 0.3) is 0 Å². The third-order valence-electron chi connectivity index (χ3n) is 3.71. The Labute approximate surface area is 116 Å². The fraction of sp³-hybridized carbons (Fsp3) is 0.786. The van der Waals surface area contributed by atoms with Crippen molar-refractivity contribution in [3.05, 3.63) is 11.3 Å². The number of nitrogens with two attached hydrogens (primary N) is 1. The van der Waals surface area contributed by atoms with Crippen molar-refractivity contribution >= 4 is 5.82 Å². The Bertz CT molecular complexity index is 385. The molecule has 0 radical (unpaired) electrons. The van der Waals surface area contributed by atoms with Crippen LogP contribution in [0.15, 0.2) is 0 Å². The van der Waals surface area contributed by atoms with Crippen LogP contribution in [0.1, 0.15) is 37.9 Å². The number of ether oxygens (including phenoxy) is 1. The van der Waals surface area contributed by atoms with Gasteiger partial charge in [-0.3, -0.25) is 4.68 Å². The van der Waals surface area contributed by atoms with E-state index in [1.54, 1.807) is 7.11 Å². The van der Waals surface area contributed by atoms with Crippen molar-refractivity contribution < 1.29 is 4.74 Å². The lowest BCUT2D eigenvalue weighted by molar-refractivity contribution is 0.202. The molecule has 1 aromatic heterocycles. The SMILES string of the molecule is CCC(CC)N(CCOC)c1c(CN)c(C)nn1C. The van der Waals surface area contributed by atoms with Crippen molar-refractivity contribution in [2.24, 2.45) is 12.8 Å². The quantitative estimate of drug-likeness (QED) is 0.781. The summed E-state index contributed by atoms with van der Waals surface area (Å²) < 4.78 is 7.20. The standard InChI is InChI=1S/C14H28N4O/c1-6-12(7-2)18(8-9-19-5)14-13(10-15)11(3)16-17(14)4/h12H,6-10,15H2,1-5H3. The van der Waals surface area contributed by atoms with E-state index in [2.05, 4.69) is 23.8 Å². The number of hydrogen-bond acceptors (Lipinski definition) is 4. The van der Waals surface area contributed by atoms with E-state index >= 15 is 0 Å². The Morgan fingerprint density at radius 2 is 2.00 bits per heavy atom. The largest absolute Gasteiger partial charge is 0.383 e. The Morgan fingerprint density at radius 1 is 1.37 bits per heavy atom. The van der Waals surface area contributed by atoms with Gasteiger partial charge in [-0.05, 0) is 19.8 Å². The van der Waals surface area contributed by atoms with Gasteiger partial charge in [-0.1, -0.05) is 13.8 Å². The zero-order valence-electron chi connectivity index (χ0n) is 12.9. The van der Waals surface area contributed by atoms with Gasteiger partial charge < -0.3 is 15.4 Å². The lowest BCUT2D eigenvalue weighted by Crippen LogP contribution is -2.39. The molecule has 0 fully saturated rings. The topological polar surface area (TPSA) is 56.3 Å². The number of hydrogen-bond donors (Lipinski definition) is 1. The average Bonchev–Trinajstić information content (AvgIpc) is 2.68. The molecule has 1 heterocycles. The van der Waals surface area contributed by atoms with Crippen LogP contribution in [0.5, 0.6) is 0 Å². The van der Waals surface area contributed by atoms with Gasteiger partial charge in [0.25, 0.3) is 0 Å². The normalized spacial score (nSPS) is 11.3. The molecule has 0 bridgehead atoms. The molecule has 2 N–H and O–H groups in total. The van der Waals surface area contributed by atoms with Crippen LogP contribution < -0.4 is 10.6 Å². The van der Waals surface area contributed by atoms with Gasteiger partial charge in [0.1, 0.15) is 5.82 Å². The van der Waals surface area contributed by atoms with E-state index in [0.717, 1.165) is 36.5 Å². The van der Waals surface area contributed by atoms with Gasteiger partial charge in [-0.15, -0.1) is 0 Å². The highest BCUT2D eigenvalue weighted by atomic mass is 16.5.